The minimum atomic E-state index is -3.74. The van der Waals surface area contributed by atoms with E-state index < -0.39 is 27.8 Å². The molecule has 0 aliphatic rings. The average Bonchev–Trinajstić information content (AvgIpc) is 2.60. The molecule has 146 valence electrons. The van der Waals surface area contributed by atoms with Crippen LogP contribution in [0.1, 0.15) is 37.4 Å². The molecule has 0 radical (unpaired) electrons. The van der Waals surface area contributed by atoms with Crippen molar-refractivity contribution in [2.45, 2.75) is 39.3 Å². The molecule has 0 aliphatic heterocycles. The first-order valence-electron chi connectivity index (χ1n) is 8.75. The number of halogens is 1. The predicted octanol–water partition coefficient (Wildman–Crippen LogP) is 3.56. The van der Waals surface area contributed by atoms with E-state index in [-0.39, 0.29) is 18.2 Å². The van der Waals surface area contributed by atoms with Gasteiger partial charge < -0.3 is 5.32 Å². The first-order valence-corrected chi connectivity index (χ1v) is 10.6. The zero-order valence-corrected chi connectivity index (χ0v) is 16.8. The third-order valence-electron chi connectivity index (χ3n) is 4.35. The summed E-state index contributed by atoms with van der Waals surface area (Å²) in [6.07, 6.45) is 1.31. The molecule has 0 saturated carbocycles. The normalized spacial score (nSPS) is 13.7. The number of rotatable bonds is 7. The smallest absolute Gasteiger partial charge is 0.244 e. The van der Waals surface area contributed by atoms with E-state index in [2.05, 4.69) is 5.32 Å². The maximum atomic E-state index is 13.2. The molecular weight excluding hydrogens is 367 g/mol. The Morgan fingerprint density at radius 1 is 1.11 bits per heavy atom. The fraction of sp³-hybridized carbons (Fsp3) is 0.350. The number of carbonyl (C=O) groups excluding carboxylic acids is 1. The van der Waals surface area contributed by atoms with Gasteiger partial charge in [-0.05, 0) is 50.1 Å². The molecule has 0 aliphatic carbocycles. The summed E-state index contributed by atoms with van der Waals surface area (Å²) in [5.41, 5.74) is 2.30. The molecule has 2 rings (SSSR count). The predicted molar refractivity (Wildman–Crippen MR) is 106 cm³/mol. The van der Waals surface area contributed by atoms with E-state index in [4.69, 9.17) is 0 Å². The first-order chi connectivity index (χ1) is 12.6. The number of aryl methyl sites for hydroxylation is 1. The lowest BCUT2D eigenvalue weighted by Crippen LogP contribution is -2.49. The lowest BCUT2D eigenvalue weighted by Gasteiger charge is -2.31. The van der Waals surface area contributed by atoms with Gasteiger partial charge in [0.2, 0.25) is 15.9 Å². The Kier molecular flexibility index (Phi) is 6.59. The van der Waals surface area contributed by atoms with Crippen molar-refractivity contribution in [3.05, 3.63) is 65.5 Å². The summed E-state index contributed by atoms with van der Waals surface area (Å²) in [7, 11) is -3.74. The van der Waals surface area contributed by atoms with Crippen LogP contribution in [0, 0.1) is 12.7 Å². The number of anilines is 1. The van der Waals surface area contributed by atoms with Crippen LogP contribution < -0.4 is 9.62 Å². The number of hydrogen-bond acceptors (Lipinski definition) is 3. The second kappa shape index (κ2) is 8.52. The highest BCUT2D eigenvalue weighted by molar-refractivity contribution is 7.92. The van der Waals surface area contributed by atoms with Gasteiger partial charge in [-0.25, -0.2) is 12.8 Å². The molecule has 27 heavy (non-hydrogen) atoms. The minimum Gasteiger partial charge on any atom is -0.348 e. The average molecular weight is 392 g/mol. The van der Waals surface area contributed by atoms with Crippen molar-refractivity contribution in [2.75, 3.05) is 10.6 Å². The standard InChI is InChI=1S/C20H25FN2O3S/c1-5-19(20(24)22-15(3)16-8-6-14(2)7-9-16)23(27(4,25)26)18-12-10-17(21)11-13-18/h6-13,15,19H,5H2,1-4H3,(H,22,24)/t15-,19+/m0/s1. The van der Waals surface area contributed by atoms with Gasteiger partial charge in [0, 0.05) is 0 Å². The fourth-order valence-electron chi connectivity index (χ4n) is 2.90. The molecule has 0 bridgehead atoms. The van der Waals surface area contributed by atoms with Crippen LogP contribution in [0.5, 0.6) is 0 Å². The van der Waals surface area contributed by atoms with Crippen LogP contribution >= 0.6 is 0 Å². The molecule has 0 spiro atoms. The second-order valence-electron chi connectivity index (χ2n) is 6.60. The monoisotopic (exact) mass is 392 g/mol. The third-order valence-corrected chi connectivity index (χ3v) is 5.53. The van der Waals surface area contributed by atoms with E-state index in [0.29, 0.717) is 0 Å². The molecule has 0 unspecified atom stereocenters. The number of benzene rings is 2. The molecule has 0 fully saturated rings. The molecule has 7 heteroatoms. The third kappa shape index (κ3) is 5.29. The van der Waals surface area contributed by atoms with Crippen LogP contribution in [0.4, 0.5) is 10.1 Å². The summed E-state index contributed by atoms with van der Waals surface area (Å²) in [6.45, 7) is 5.56. The molecule has 2 aromatic carbocycles. The number of sulfonamides is 1. The molecule has 5 nitrogen and oxygen atoms in total. The zero-order valence-electron chi connectivity index (χ0n) is 15.9. The lowest BCUT2D eigenvalue weighted by atomic mass is 10.1. The SMILES string of the molecule is CC[C@H](C(=O)N[C@@H](C)c1ccc(C)cc1)N(c1ccc(F)cc1)S(C)(=O)=O. The van der Waals surface area contributed by atoms with Crippen LogP contribution in [0.3, 0.4) is 0 Å². The maximum absolute atomic E-state index is 13.2. The summed E-state index contributed by atoms with van der Waals surface area (Å²) in [5, 5.41) is 2.88. The molecule has 1 N–H and O–H groups in total. The second-order valence-corrected chi connectivity index (χ2v) is 8.46. The van der Waals surface area contributed by atoms with Gasteiger partial charge in [-0.15, -0.1) is 0 Å². The number of hydrogen-bond donors (Lipinski definition) is 1. The molecule has 0 aromatic heterocycles. The van der Waals surface area contributed by atoms with Gasteiger partial charge in [0.15, 0.2) is 0 Å². The maximum Gasteiger partial charge on any atom is 0.244 e. The van der Waals surface area contributed by atoms with Gasteiger partial charge in [0.1, 0.15) is 11.9 Å². The number of nitrogens with one attached hydrogen (secondary N) is 1. The summed E-state index contributed by atoms with van der Waals surface area (Å²) in [4.78, 5) is 12.9. The zero-order chi connectivity index (χ0) is 20.2. The first kappa shape index (κ1) is 20.9. The highest BCUT2D eigenvalue weighted by Gasteiger charge is 2.32. The Balaban J connectivity index is 2.28. The summed E-state index contributed by atoms with van der Waals surface area (Å²) >= 11 is 0. The highest BCUT2D eigenvalue weighted by atomic mass is 32.2. The van der Waals surface area contributed by atoms with Crippen molar-refractivity contribution < 1.29 is 17.6 Å². The van der Waals surface area contributed by atoms with E-state index >= 15 is 0 Å². The Hall–Kier alpha value is -2.41. The van der Waals surface area contributed by atoms with Crippen molar-refractivity contribution in [2.24, 2.45) is 0 Å². The molecule has 2 aromatic rings. The molecule has 2 atom stereocenters. The summed E-state index contributed by atoms with van der Waals surface area (Å²) in [6, 6.07) is 11.6. The van der Waals surface area contributed by atoms with Gasteiger partial charge >= 0.3 is 0 Å². The Morgan fingerprint density at radius 3 is 2.15 bits per heavy atom. The largest absolute Gasteiger partial charge is 0.348 e. The van der Waals surface area contributed by atoms with Crippen molar-refractivity contribution in [3.63, 3.8) is 0 Å². The van der Waals surface area contributed by atoms with Crippen LogP contribution in [0.15, 0.2) is 48.5 Å². The quantitative estimate of drug-likeness (QED) is 0.784. The van der Waals surface area contributed by atoms with E-state index in [1.54, 1.807) is 6.92 Å². The van der Waals surface area contributed by atoms with E-state index in [9.17, 15) is 17.6 Å². The van der Waals surface area contributed by atoms with E-state index in [0.717, 1.165) is 21.7 Å². The van der Waals surface area contributed by atoms with Crippen molar-refractivity contribution >= 4 is 21.6 Å². The van der Waals surface area contributed by atoms with Gasteiger partial charge in [-0.1, -0.05) is 36.8 Å². The fourth-order valence-corrected chi connectivity index (χ4v) is 4.11. The number of carbonyl (C=O) groups is 1. The Bertz CT molecular complexity index is 880. The molecular formula is C20H25FN2O3S. The van der Waals surface area contributed by atoms with E-state index in [1.807, 2.05) is 38.1 Å². The summed E-state index contributed by atoms with van der Waals surface area (Å²) < 4.78 is 39.0. The van der Waals surface area contributed by atoms with Gasteiger partial charge in [0.05, 0.1) is 18.0 Å². The van der Waals surface area contributed by atoms with Crippen LogP contribution in [0.2, 0.25) is 0 Å². The molecule has 1 amide bonds. The number of nitrogens with zero attached hydrogens (tertiary/aromatic N) is 1. The van der Waals surface area contributed by atoms with Crippen LogP contribution in [-0.2, 0) is 14.8 Å². The minimum absolute atomic E-state index is 0.254. The van der Waals surface area contributed by atoms with Crippen LogP contribution in [0.25, 0.3) is 0 Å². The summed E-state index contributed by atoms with van der Waals surface area (Å²) in [5.74, 6) is -0.877. The Labute approximate surface area is 160 Å². The van der Waals surface area contributed by atoms with Gasteiger partial charge in [-0.2, -0.15) is 0 Å². The van der Waals surface area contributed by atoms with Gasteiger partial charge in [0.25, 0.3) is 0 Å². The molecule has 0 heterocycles. The Morgan fingerprint density at radius 2 is 1.67 bits per heavy atom. The van der Waals surface area contributed by atoms with E-state index in [1.165, 1.54) is 24.3 Å². The topological polar surface area (TPSA) is 66.5 Å². The van der Waals surface area contributed by atoms with Gasteiger partial charge in [-0.3, -0.25) is 9.10 Å². The van der Waals surface area contributed by atoms with Crippen LogP contribution in [-0.4, -0.2) is 26.6 Å². The van der Waals surface area contributed by atoms with Crippen molar-refractivity contribution in [1.82, 2.24) is 5.32 Å². The highest BCUT2D eigenvalue weighted by Crippen LogP contribution is 2.23. The molecule has 0 saturated heterocycles. The van der Waals surface area contributed by atoms with Crippen molar-refractivity contribution in [3.8, 4) is 0 Å². The number of amides is 1. The van der Waals surface area contributed by atoms with Crippen molar-refractivity contribution in [1.29, 1.82) is 0 Å². The lowest BCUT2D eigenvalue weighted by molar-refractivity contribution is -0.122.